The SMILES string of the molecule is N#Cc1ccc2c(c1)C1C=CC=CC1N2c1c(C#N)cccc1-c1ccc2c(c1)C1C=Cc3c(sc4ccccc34)C1S2. The summed E-state index contributed by atoms with van der Waals surface area (Å²) in [6.07, 6.45) is 13.3. The highest BCUT2D eigenvalue weighted by molar-refractivity contribution is 8.00. The Labute approximate surface area is 258 Å². The predicted octanol–water partition coefficient (Wildman–Crippen LogP) is 10.00. The summed E-state index contributed by atoms with van der Waals surface area (Å²) in [6, 6.07) is 32.4. The monoisotopic (exact) mass is 585 g/mol. The van der Waals surface area contributed by atoms with Gasteiger partial charge in [-0.3, -0.25) is 0 Å². The summed E-state index contributed by atoms with van der Waals surface area (Å²) >= 11 is 3.91. The van der Waals surface area contributed by atoms with Crippen LogP contribution in [-0.4, -0.2) is 6.04 Å². The molecule has 0 saturated carbocycles. The fourth-order valence-electron chi connectivity index (χ4n) is 7.34. The number of fused-ring (bicyclic) bond motifs is 10. The minimum Gasteiger partial charge on any atom is -0.332 e. The Morgan fingerprint density at radius 1 is 0.767 bits per heavy atom. The number of allylic oxidation sites excluding steroid dienone is 3. The van der Waals surface area contributed by atoms with E-state index in [1.807, 2.05) is 53.4 Å². The minimum absolute atomic E-state index is 0.0317. The molecule has 4 atom stereocenters. The highest BCUT2D eigenvalue weighted by Crippen LogP contribution is 2.61. The quantitative estimate of drug-likeness (QED) is 0.207. The summed E-state index contributed by atoms with van der Waals surface area (Å²) in [6.45, 7) is 0. The molecule has 0 radical (unpaired) electrons. The third-order valence-corrected chi connectivity index (χ3v) is 12.1. The maximum Gasteiger partial charge on any atom is 0.101 e. The van der Waals surface area contributed by atoms with E-state index in [1.54, 1.807) is 0 Å². The van der Waals surface area contributed by atoms with Gasteiger partial charge in [-0.1, -0.05) is 72.9 Å². The fourth-order valence-corrected chi connectivity index (χ4v) is 10.2. The molecule has 0 spiro atoms. The molecule has 2 aliphatic heterocycles. The Balaban J connectivity index is 1.18. The normalized spacial score (nSPS) is 22.0. The lowest BCUT2D eigenvalue weighted by Crippen LogP contribution is -2.29. The Bertz CT molecular complexity index is 2190. The van der Waals surface area contributed by atoms with Crippen molar-refractivity contribution in [2.75, 3.05) is 4.90 Å². The molecule has 2 aliphatic carbocycles. The van der Waals surface area contributed by atoms with Gasteiger partial charge in [-0.25, -0.2) is 0 Å². The van der Waals surface area contributed by atoms with Gasteiger partial charge in [-0.15, -0.1) is 23.1 Å². The first kappa shape index (κ1) is 24.8. The first-order chi connectivity index (χ1) is 21.2. The van der Waals surface area contributed by atoms with Gasteiger partial charge in [0, 0.05) is 37.6 Å². The lowest BCUT2D eigenvalue weighted by Gasteiger charge is -2.31. The summed E-state index contributed by atoms with van der Waals surface area (Å²) < 4.78 is 1.35. The number of benzene rings is 4. The number of nitrogens with zero attached hydrogens (tertiary/aromatic N) is 3. The van der Waals surface area contributed by atoms with Crippen molar-refractivity contribution in [2.24, 2.45) is 0 Å². The second kappa shape index (κ2) is 9.35. The van der Waals surface area contributed by atoms with Crippen LogP contribution in [0.4, 0.5) is 11.4 Å². The average Bonchev–Trinajstić information content (AvgIpc) is 3.73. The Morgan fingerprint density at radius 3 is 2.58 bits per heavy atom. The van der Waals surface area contributed by atoms with Crippen LogP contribution in [0.15, 0.2) is 114 Å². The lowest BCUT2D eigenvalue weighted by molar-refractivity contribution is 0.744. The molecule has 1 aromatic heterocycles. The maximum atomic E-state index is 10.4. The van der Waals surface area contributed by atoms with Crippen molar-refractivity contribution in [1.29, 1.82) is 10.5 Å². The summed E-state index contributed by atoms with van der Waals surface area (Å²) in [5.74, 6) is 0.434. The van der Waals surface area contributed by atoms with Crippen molar-refractivity contribution in [3.63, 3.8) is 0 Å². The van der Waals surface area contributed by atoms with Crippen LogP contribution in [-0.2, 0) is 0 Å². The van der Waals surface area contributed by atoms with Crippen molar-refractivity contribution >= 4 is 50.6 Å². The van der Waals surface area contributed by atoms with Crippen molar-refractivity contribution in [3.8, 4) is 23.3 Å². The highest BCUT2D eigenvalue weighted by Gasteiger charge is 2.41. The van der Waals surface area contributed by atoms with Crippen LogP contribution in [0, 0.1) is 22.7 Å². The van der Waals surface area contributed by atoms with Crippen LogP contribution >= 0.6 is 23.1 Å². The molecule has 5 aromatic rings. The van der Waals surface area contributed by atoms with Gasteiger partial charge < -0.3 is 4.90 Å². The molecule has 0 amide bonds. The molecule has 9 rings (SSSR count). The van der Waals surface area contributed by atoms with Crippen LogP contribution < -0.4 is 4.90 Å². The van der Waals surface area contributed by atoms with Crippen molar-refractivity contribution in [3.05, 3.63) is 142 Å². The second-order valence-electron chi connectivity index (χ2n) is 11.4. The number of hydrogen-bond donors (Lipinski definition) is 0. The molecule has 0 bridgehead atoms. The van der Waals surface area contributed by atoms with Gasteiger partial charge in [0.2, 0.25) is 0 Å². The van der Waals surface area contributed by atoms with E-state index in [0.29, 0.717) is 22.3 Å². The summed E-state index contributed by atoms with van der Waals surface area (Å²) in [5.41, 5.74) is 9.33. The minimum atomic E-state index is 0.0317. The molecule has 202 valence electrons. The smallest absolute Gasteiger partial charge is 0.101 e. The van der Waals surface area contributed by atoms with Crippen LogP contribution in [0.5, 0.6) is 0 Å². The van der Waals surface area contributed by atoms with E-state index in [0.717, 1.165) is 28.1 Å². The van der Waals surface area contributed by atoms with Crippen molar-refractivity contribution < 1.29 is 0 Å². The third-order valence-electron chi connectivity index (χ3n) is 9.23. The van der Waals surface area contributed by atoms with Gasteiger partial charge in [-0.05, 0) is 70.1 Å². The molecule has 4 aliphatic rings. The number of rotatable bonds is 2. The van der Waals surface area contributed by atoms with Gasteiger partial charge in [-0.2, -0.15) is 10.5 Å². The summed E-state index contributed by atoms with van der Waals surface area (Å²) in [7, 11) is 0. The highest BCUT2D eigenvalue weighted by atomic mass is 32.2. The Morgan fingerprint density at radius 2 is 1.67 bits per heavy atom. The van der Waals surface area contributed by atoms with E-state index in [1.165, 1.54) is 31.0 Å². The molecule has 0 fully saturated rings. The number of thiophene rings is 1. The van der Waals surface area contributed by atoms with Crippen LogP contribution in [0.2, 0.25) is 0 Å². The Hall–Kier alpha value is -4.81. The zero-order valence-corrected chi connectivity index (χ0v) is 24.6. The van der Waals surface area contributed by atoms with Gasteiger partial charge in [0.15, 0.2) is 0 Å². The molecule has 4 unspecified atom stereocenters. The Kier molecular flexibility index (Phi) is 5.38. The van der Waals surface area contributed by atoms with Gasteiger partial charge in [0.25, 0.3) is 0 Å². The first-order valence-electron chi connectivity index (χ1n) is 14.5. The topological polar surface area (TPSA) is 50.8 Å². The average molecular weight is 586 g/mol. The maximum absolute atomic E-state index is 10.4. The molecule has 5 heteroatoms. The third kappa shape index (κ3) is 3.53. The van der Waals surface area contributed by atoms with Crippen molar-refractivity contribution in [2.45, 2.75) is 28.0 Å². The predicted molar refractivity (Wildman–Crippen MR) is 177 cm³/mol. The van der Waals surface area contributed by atoms with E-state index < -0.39 is 0 Å². The molecule has 0 saturated heterocycles. The number of hydrogen-bond acceptors (Lipinski definition) is 5. The largest absolute Gasteiger partial charge is 0.332 e. The van der Waals surface area contributed by atoms with E-state index in [4.69, 9.17) is 0 Å². The molecule has 4 aromatic carbocycles. The van der Waals surface area contributed by atoms with Crippen LogP contribution in [0.1, 0.15) is 49.8 Å². The molecular weight excluding hydrogens is 563 g/mol. The van der Waals surface area contributed by atoms with Gasteiger partial charge in [0.05, 0.1) is 34.2 Å². The molecule has 3 nitrogen and oxygen atoms in total. The summed E-state index contributed by atoms with van der Waals surface area (Å²) in [5, 5.41) is 21.7. The zero-order valence-electron chi connectivity index (χ0n) is 22.9. The molecule has 0 N–H and O–H groups in total. The fraction of sp³-hybridized carbons (Fsp3) is 0.105. The van der Waals surface area contributed by atoms with Gasteiger partial charge in [0.1, 0.15) is 6.07 Å². The van der Waals surface area contributed by atoms with Crippen LogP contribution in [0.3, 0.4) is 0 Å². The number of para-hydroxylation sites is 1. The molecular formula is C38H23N3S2. The molecule has 3 heterocycles. The van der Waals surface area contributed by atoms with Crippen molar-refractivity contribution in [1.82, 2.24) is 0 Å². The number of anilines is 2. The van der Waals surface area contributed by atoms with Gasteiger partial charge >= 0.3 is 0 Å². The lowest BCUT2D eigenvalue weighted by atomic mass is 9.86. The van der Waals surface area contributed by atoms with Crippen LogP contribution in [0.25, 0.3) is 27.3 Å². The van der Waals surface area contributed by atoms with E-state index in [-0.39, 0.29) is 12.0 Å². The second-order valence-corrected chi connectivity index (χ2v) is 13.7. The van der Waals surface area contributed by atoms with E-state index in [2.05, 4.69) is 102 Å². The standard InChI is InChI=1S/C38H23N3S2/c39-20-22-12-16-33-30(18-22)26-7-1-3-10-32(26)41(33)36-24(21-40)6-5-9-25(36)23-13-17-35-31(19-23)29-15-14-28-27-8-2-4-11-34(27)42-37(28)38(29)43-35/h1-19,26,29,32,38H. The molecule has 43 heavy (non-hydrogen) atoms. The van der Waals surface area contributed by atoms with E-state index in [9.17, 15) is 10.5 Å². The zero-order chi connectivity index (χ0) is 28.7. The number of thioether (sulfide) groups is 1. The van der Waals surface area contributed by atoms with E-state index >= 15 is 0 Å². The first-order valence-corrected chi connectivity index (χ1v) is 16.1. The summed E-state index contributed by atoms with van der Waals surface area (Å²) in [4.78, 5) is 5.13. The number of nitriles is 2.